The number of carbonyl (C=O) groups excluding carboxylic acids is 2. The van der Waals surface area contributed by atoms with E-state index in [9.17, 15) is 9.59 Å². The van der Waals surface area contributed by atoms with E-state index in [4.69, 9.17) is 0 Å². The number of amides is 2. The zero-order chi connectivity index (χ0) is 19.4. The van der Waals surface area contributed by atoms with Crippen LogP contribution in [0.15, 0.2) is 36.4 Å². The maximum Gasteiger partial charge on any atom is 0.247 e. The molecule has 0 fully saturated rings. The van der Waals surface area contributed by atoms with Crippen LogP contribution in [0.25, 0.3) is 0 Å². The first-order valence-corrected chi connectivity index (χ1v) is 8.97. The number of benzene rings is 2. The number of carbonyl (C=O) groups is 2. The molecule has 0 aliphatic rings. The second kappa shape index (κ2) is 8.17. The predicted molar refractivity (Wildman–Crippen MR) is 108 cm³/mol. The Kier molecular flexibility index (Phi) is 6.19. The number of anilines is 2. The highest BCUT2D eigenvalue weighted by atomic mass is 16.2. The average Bonchev–Trinajstić information content (AvgIpc) is 2.53. The SMILES string of the molecule is CCN(C(=O)CN(C(C)=O)c1c(C)cc(C)cc1C)c1cccc(C)c1. The third-order valence-electron chi connectivity index (χ3n) is 4.51. The summed E-state index contributed by atoms with van der Waals surface area (Å²) in [6.07, 6.45) is 0. The van der Waals surface area contributed by atoms with E-state index in [0.717, 1.165) is 33.6 Å². The van der Waals surface area contributed by atoms with Crippen molar-refractivity contribution in [1.29, 1.82) is 0 Å². The molecular weight excluding hydrogens is 324 g/mol. The summed E-state index contributed by atoms with van der Waals surface area (Å²) in [5, 5.41) is 0. The zero-order valence-electron chi connectivity index (χ0n) is 16.6. The first-order valence-electron chi connectivity index (χ1n) is 8.97. The summed E-state index contributed by atoms with van der Waals surface area (Å²) in [5.74, 6) is -0.221. The van der Waals surface area contributed by atoms with Crippen molar-refractivity contribution in [3.8, 4) is 0 Å². The van der Waals surface area contributed by atoms with Crippen molar-refractivity contribution in [2.45, 2.75) is 41.5 Å². The lowest BCUT2D eigenvalue weighted by Gasteiger charge is -2.28. The molecule has 2 amide bonds. The summed E-state index contributed by atoms with van der Waals surface area (Å²) in [6, 6.07) is 11.9. The van der Waals surface area contributed by atoms with Crippen molar-refractivity contribution < 1.29 is 9.59 Å². The summed E-state index contributed by atoms with van der Waals surface area (Å²) in [4.78, 5) is 28.6. The van der Waals surface area contributed by atoms with E-state index in [2.05, 4.69) is 0 Å². The number of hydrogen-bond acceptors (Lipinski definition) is 2. The number of nitrogens with zero attached hydrogens (tertiary/aromatic N) is 2. The molecule has 26 heavy (non-hydrogen) atoms. The lowest BCUT2D eigenvalue weighted by atomic mass is 10.0. The van der Waals surface area contributed by atoms with Crippen LogP contribution in [-0.4, -0.2) is 24.9 Å². The molecule has 0 aliphatic heterocycles. The molecule has 2 aromatic carbocycles. The van der Waals surface area contributed by atoms with Crippen LogP contribution in [0, 0.1) is 27.7 Å². The molecule has 2 rings (SSSR count). The highest BCUT2D eigenvalue weighted by Gasteiger charge is 2.23. The minimum absolute atomic E-state index is 0.0296. The lowest BCUT2D eigenvalue weighted by Crippen LogP contribution is -2.43. The molecule has 4 nitrogen and oxygen atoms in total. The number of likely N-dealkylation sites (N-methyl/N-ethyl adjacent to an activating group) is 1. The van der Waals surface area contributed by atoms with E-state index in [1.165, 1.54) is 6.92 Å². The molecular formula is C22H28N2O2. The van der Waals surface area contributed by atoms with Crippen LogP contribution >= 0.6 is 0 Å². The normalized spacial score (nSPS) is 10.5. The lowest BCUT2D eigenvalue weighted by molar-refractivity contribution is -0.121. The fraction of sp³-hybridized carbons (Fsp3) is 0.364. The van der Waals surface area contributed by atoms with Gasteiger partial charge < -0.3 is 9.80 Å². The van der Waals surface area contributed by atoms with Crippen LogP contribution in [0.3, 0.4) is 0 Å². The van der Waals surface area contributed by atoms with Gasteiger partial charge in [0.05, 0.1) is 5.69 Å². The molecule has 0 atom stereocenters. The average molecular weight is 352 g/mol. The van der Waals surface area contributed by atoms with Gasteiger partial charge >= 0.3 is 0 Å². The maximum atomic E-state index is 13.0. The predicted octanol–water partition coefficient (Wildman–Crippen LogP) is 4.33. The van der Waals surface area contributed by atoms with Gasteiger partial charge in [0.1, 0.15) is 6.54 Å². The van der Waals surface area contributed by atoms with Crippen molar-refractivity contribution in [3.05, 3.63) is 58.7 Å². The third kappa shape index (κ3) is 4.31. The van der Waals surface area contributed by atoms with Gasteiger partial charge in [-0.3, -0.25) is 9.59 Å². The fourth-order valence-corrected chi connectivity index (χ4v) is 3.47. The van der Waals surface area contributed by atoms with Crippen molar-refractivity contribution >= 4 is 23.2 Å². The zero-order valence-corrected chi connectivity index (χ0v) is 16.6. The number of hydrogen-bond donors (Lipinski definition) is 0. The quantitative estimate of drug-likeness (QED) is 0.804. The van der Waals surface area contributed by atoms with Gasteiger partial charge in [0, 0.05) is 19.2 Å². The molecule has 138 valence electrons. The largest absolute Gasteiger partial charge is 0.311 e. The Bertz CT molecular complexity index is 804. The van der Waals surface area contributed by atoms with E-state index < -0.39 is 0 Å². The van der Waals surface area contributed by atoms with Gasteiger partial charge in [-0.25, -0.2) is 0 Å². The minimum atomic E-state index is -0.131. The first kappa shape index (κ1) is 19.7. The second-order valence-electron chi connectivity index (χ2n) is 6.83. The second-order valence-corrected chi connectivity index (χ2v) is 6.83. The summed E-state index contributed by atoms with van der Waals surface area (Å²) in [7, 11) is 0. The van der Waals surface area contributed by atoms with Crippen LogP contribution in [-0.2, 0) is 9.59 Å². The topological polar surface area (TPSA) is 40.6 Å². The summed E-state index contributed by atoms with van der Waals surface area (Å²) >= 11 is 0. The fourth-order valence-electron chi connectivity index (χ4n) is 3.47. The Hall–Kier alpha value is -2.62. The van der Waals surface area contributed by atoms with E-state index in [-0.39, 0.29) is 18.4 Å². The molecule has 0 saturated carbocycles. The van der Waals surface area contributed by atoms with Gasteiger partial charge in [-0.05, 0) is 63.4 Å². The Balaban J connectivity index is 2.35. The van der Waals surface area contributed by atoms with Crippen LogP contribution in [0.1, 0.15) is 36.1 Å². The third-order valence-corrected chi connectivity index (χ3v) is 4.51. The van der Waals surface area contributed by atoms with Crippen LogP contribution in [0.2, 0.25) is 0 Å². The molecule has 0 unspecified atom stereocenters. The number of rotatable bonds is 5. The van der Waals surface area contributed by atoms with Crippen molar-refractivity contribution in [3.63, 3.8) is 0 Å². The highest BCUT2D eigenvalue weighted by molar-refractivity contribution is 6.03. The van der Waals surface area contributed by atoms with Gasteiger partial charge in [0.2, 0.25) is 11.8 Å². The molecule has 0 heterocycles. The highest BCUT2D eigenvalue weighted by Crippen LogP contribution is 2.27. The molecule has 0 aliphatic carbocycles. The van der Waals surface area contributed by atoms with Gasteiger partial charge in [0.25, 0.3) is 0 Å². The smallest absolute Gasteiger partial charge is 0.247 e. The van der Waals surface area contributed by atoms with Crippen molar-refractivity contribution in [2.24, 2.45) is 0 Å². The molecule has 0 bridgehead atoms. The minimum Gasteiger partial charge on any atom is -0.311 e. The maximum absolute atomic E-state index is 13.0. The van der Waals surface area contributed by atoms with E-state index in [0.29, 0.717) is 6.54 Å². The summed E-state index contributed by atoms with van der Waals surface area (Å²) in [5.41, 5.74) is 5.94. The Labute approximate surface area is 156 Å². The van der Waals surface area contributed by atoms with Crippen molar-refractivity contribution in [1.82, 2.24) is 0 Å². The van der Waals surface area contributed by atoms with E-state index >= 15 is 0 Å². The molecule has 0 radical (unpaired) electrons. The summed E-state index contributed by atoms with van der Waals surface area (Å²) < 4.78 is 0. The first-order chi connectivity index (χ1) is 12.2. The van der Waals surface area contributed by atoms with Gasteiger partial charge in [-0.15, -0.1) is 0 Å². The van der Waals surface area contributed by atoms with Gasteiger partial charge in [0.15, 0.2) is 0 Å². The van der Waals surface area contributed by atoms with Gasteiger partial charge in [-0.1, -0.05) is 29.8 Å². The van der Waals surface area contributed by atoms with Gasteiger partial charge in [-0.2, -0.15) is 0 Å². The Morgan fingerprint density at radius 2 is 1.50 bits per heavy atom. The van der Waals surface area contributed by atoms with Crippen LogP contribution in [0.4, 0.5) is 11.4 Å². The Morgan fingerprint density at radius 3 is 2.00 bits per heavy atom. The Morgan fingerprint density at radius 1 is 0.885 bits per heavy atom. The standard InChI is InChI=1S/C22H28N2O2/c1-7-23(20-10-8-9-15(2)13-20)21(26)14-24(19(6)25)22-17(4)11-16(3)12-18(22)5/h8-13H,7,14H2,1-6H3. The molecule has 0 spiro atoms. The molecule has 0 saturated heterocycles. The van der Waals surface area contributed by atoms with E-state index in [1.54, 1.807) is 9.80 Å². The molecule has 0 N–H and O–H groups in total. The molecule has 4 heteroatoms. The van der Waals surface area contributed by atoms with Crippen LogP contribution in [0.5, 0.6) is 0 Å². The number of aryl methyl sites for hydroxylation is 4. The molecule has 0 aromatic heterocycles. The van der Waals surface area contributed by atoms with Crippen LogP contribution < -0.4 is 9.80 Å². The summed E-state index contributed by atoms with van der Waals surface area (Å²) in [6.45, 7) is 12.0. The van der Waals surface area contributed by atoms with E-state index in [1.807, 2.05) is 71.0 Å². The molecule has 2 aromatic rings. The van der Waals surface area contributed by atoms with Crippen molar-refractivity contribution in [2.75, 3.05) is 22.9 Å². The monoisotopic (exact) mass is 352 g/mol.